The molecule has 96 valence electrons. The normalized spacial score (nSPS) is 22.8. The summed E-state index contributed by atoms with van der Waals surface area (Å²) in [6, 6.07) is 0. The van der Waals surface area contributed by atoms with E-state index in [-0.39, 0.29) is 8.68 Å². The van der Waals surface area contributed by atoms with Crippen molar-refractivity contribution in [3.63, 3.8) is 0 Å². The molecule has 1 aliphatic heterocycles. The Kier molecular flexibility index (Phi) is 4.07. The highest BCUT2D eigenvalue weighted by Gasteiger charge is 2.30. The van der Waals surface area contributed by atoms with Crippen molar-refractivity contribution < 1.29 is 8.42 Å². The van der Waals surface area contributed by atoms with Crippen molar-refractivity contribution in [2.75, 3.05) is 13.1 Å². The molecule has 0 N–H and O–H groups in total. The molecule has 1 unspecified atom stereocenters. The quantitative estimate of drug-likeness (QED) is 0.861. The van der Waals surface area contributed by atoms with Gasteiger partial charge in [-0.25, -0.2) is 13.4 Å². The van der Waals surface area contributed by atoms with Gasteiger partial charge < -0.3 is 0 Å². The van der Waals surface area contributed by atoms with Crippen LogP contribution in [0.25, 0.3) is 0 Å². The van der Waals surface area contributed by atoms with Gasteiger partial charge in [-0.3, -0.25) is 0 Å². The molecule has 4 nitrogen and oxygen atoms in total. The molecule has 0 radical (unpaired) electrons. The van der Waals surface area contributed by atoms with Crippen molar-refractivity contribution in [2.24, 2.45) is 5.92 Å². The molecule has 2 rings (SSSR count). The van der Waals surface area contributed by atoms with E-state index in [0.29, 0.717) is 19.0 Å². The Morgan fingerprint density at radius 1 is 1.65 bits per heavy atom. The van der Waals surface area contributed by atoms with E-state index in [0.717, 1.165) is 30.6 Å². The van der Waals surface area contributed by atoms with Crippen LogP contribution in [0.15, 0.2) is 10.4 Å². The maximum atomic E-state index is 12.3. The molecule has 1 aromatic heterocycles. The van der Waals surface area contributed by atoms with Crippen LogP contribution in [0.4, 0.5) is 0 Å². The highest BCUT2D eigenvalue weighted by atomic mass is 35.5. The third-order valence-electron chi connectivity index (χ3n) is 3.11. The minimum atomic E-state index is -3.38. The molecule has 2 heterocycles. The lowest BCUT2D eigenvalue weighted by Gasteiger charge is -2.30. The summed E-state index contributed by atoms with van der Waals surface area (Å²) in [5, 5.41) is 0. The van der Waals surface area contributed by atoms with Gasteiger partial charge in [-0.05, 0) is 18.8 Å². The van der Waals surface area contributed by atoms with Gasteiger partial charge in [-0.1, -0.05) is 36.3 Å². The predicted octanol–water partition coefficient (Wildman–Crippen LogP) is 2.61. The third kappa shape index (κ3) is 2.81. The summed E-state index contributed by atoms with van der Waals surface area (Å²) in [7, 11) is -3.38. The Morgan fingerprint density at radius 3 is 3.00 bits per heavy atom. The summed E-state index contributed by atoms with van der Waals surface area (Å²) in [5.41, 5.74) is 0. The smallest absolute Gasteiger partial charge is 0.232 e. The molecule has 1 aromatic rings. The van der Waals surface area contributed by atoms with Crippen molar-refractivity contribution >= 4 is 33.0 Å². The lowest BCUT2D eigenvalue weighted by molar-refractivity contribution is 0.262. The number of halogens is 1. The first-order chi connectivity index (χ1) is 8.04. The molecular weight excluding hydrogens is 280 g/mol. The van der Waals surface area contributed by atoms with E-state index >= 15 is 0 Å². The number of nitrogens with zero attached hydrogens (tertiary/aromatic N) is 2. The minimum absolute atomic E-state index is 0.249. The van der Waals surface area contributed by atoms with Gasteiger partial charge in [0.1, 0.15) is 0 Å². The molecule has 0 saturated carbocycles. The second-order valence-electron chi connectivity index (χ2n) is 4.21. The lowest BCUT2D eigenvalue weighted by atomic mass is 9.97. The summed E-state index contributed by atoms with van der Waals surface area (Å²) in [6.07, 6.45) is 4.42. The topological polar surface area (TPSA) is 50.3 Å². The summed E-state index contributed by atoms with van der Waals surface area (Å²) >= 11 is 6.71. The van der Waals surface area contributed by atoms with Gasteiger partial charge in [0.2, 0.25) is 0 Å². The molecule has 0 aromatic carbocycles. The average molecular weight is 295 g/mol. The number of rotatable bonds is 3. The molecule has 1 fully saturated rings. The van der Waals surface area contributed by atoms with Crippen molar-refractivity contribution in [2.45, 2.75) is 30.4 Å². The van der Waals surface area contributed by atoms with Crippen molar-refractivity contribution in [1.82, 2.24) is 9.29 Å². The van der Waals surface area contributed by atoms with Crippen LogP contribution >= 0.6 is 22.9 Å². The van der Waals surface area contributed by atoms with Crippen molar-refractivity contribution in [3.05, 3.63) is 10.7 Å². The first-order valence-corrected chi connectivity index (χ1v) is 8.29. The number of hydrogen-bond acceptors (Lipinski definition) is 4. The molecule has 0 aliphatic carbocycles. The Bertz CT molecular complexity index is 486. The van der Waals surface area contributed by atoms with E-state index in [1.54, 1.807) is 4.31 Å². The maximum Gasteiger partial charge on any atom is 0.254 e. The van der Waals surface area contributed by atoms with Crippen LogP contribution in [-0.2, 0) is 10.0 Å². The van der Waals surface area contributed by atoms with E-state index in [4.69, 9.17) is 11.6 Å². The number of hydrogen-bond donors (Lipinski definition) is 0. The predicted molar refractivity (Wildman–Crippen MR) is 68.9 cm³/mol. The Labute approximate surface area is 111 Å². The number of thiazole rings is 1. The number of piperidine rings is 1. The van der Waals surface area contributed by atoms with E-state index in [1.165, 1.54) is 6.20 Å². The highest BCUT2D eigenvalue weighted by molar-refractivity contribution is 7.91. The van der Waals surface area contributed by atoms with Crippen LogP contribution in [0, 0.1) is 5.92 Å². The van der Waals surface area contributed by atoms with Crippen LogP contribution in [0.1, 0.15) is 26.2 Å². The molecule has 17 heavy (non-hydrogen) atoms. The fourth-order valence-electron chi connectivity index (χ4n) is 2.06. The monoisotopic (exact) mass is 294 g/mol. The van der Waals surface area contributed by atoms with Gasteiger partial charge in [0.05, 0.1) is 6.20 Å². The second kappa shape index (κ2) is 5.22. The van der Waals surface area contributed by atoms with Crippen LogP contribution in [0.2, 0.25) is 4.47 Å². The summed E-state index contributed by atoms with van der Waals surface area (Å²) < 4.78 is 26.7. The molecule has 0 amide bonds. The molecule has 0 spiro atoms. The Hall–Kier alpha value is -0.170. The Balaban J connectivity index is 2.21. The second-order valence-corrected chi connectivity index (χ2v) is 7.99. The molecule has 1 aliphatic rings. The van der Waals surface area contributed by atoms with Gasteiger partial charge >= 0.3 is 0 Å². The van der Waals surface area contributed by atoms with Gasteiger partial charge in [0.25, 0.3) is 10.0 Å². The van der Waals surface area contributed by atoms with E-state index in [9.17, 15) is 8.42 Å². The van der Waals surface area contributed by atoms with E-state index in [2.05, 4.69) is 11.9 Å². The first-order valence-electron chi connectivity index (χ1n) is 5.65. The zero-order chi connectivity index (χ0) is 12.5. The van der Waals surface area contributed by atoms with Gasteiger partial charge in [-0.2, -0.15) is 4.31 Å². The summed E-state index contributed by atoms with van der Waals surface area (Å²) in [4.78, 5) is 3.80. The molecular formula is C10H15ClN2O2S2. The Morgan fingerprint density at radius 2 is 2.41 bits per heavy atom. The number of aromatic nitrogens is 1. The SMILES string of the molecule is CCC1CCCN(S(=O)(=O)c2cnc(Cl)s2)C1. The molecule has 1 saturated heterocycles. The first kappa shape index (κ1) is 13.3. The van der Waals surface area contributed by atoms with Crippen LogP contribution in [0.5, 0.6) is 0 Å². The van der Waals surface area contributed by atoms with Crippen LogP contribution in [-0.4, -0.2) is 30.8 Å². The fourth-order valence-corrected chi connectivity index (χ4v) is 5.07. The standard InChI is InChI=1S/C10H15ClN2O2S2/c1-2-8-4-3-5-13(7-8)17(14,15)9-6-12-10(11)16-9/h6,8H,2-5,7H2,1H3. The third-order valence-corrected chi connectivity index (χ3v) is 6.53. The zero-order valence-electron chi connectivity index (χ0n) is 9.60. The minimum Gasteiger partial charge on any atom is -0.232 e. The van der Waals surface area contributed by atoms with Crippen molar-refractivity contribution in [1.29, 1.82) is 0 Å². The van der Waals surface area contributed by atoms with Gasteiger partial charge in [-0.15, -0.1) is 0 Å². The fraction of sp³-hybridized carbons (Fsp3) is 0.700. The van der Waals surface area contributed by atoms with Gasteiger partial charge in [0.15, 0.2) is 8.68 Å². The molecule has 7 heteroatoms. The molecule has 1 atom stereocenters. The maximum absolute atomic E-state index is 12.3. The van der Waals surface area contributed by atoms with Crippen LogP contribution in [0.3, 0.4) is 0 Å². The molecule has 0 bridgehead atoms. The largest absolute Gasteiger partial charge is 0.254 e. The van der Waals surface area contributed by atoms with Gasteiger partial charge in [0, 0.05) is 13.1 Å². The van der Waals surface area contributed by atoms with E-state index in [1.807, 2.05) is 0 Å². The summed E-state index contributed by atoms with van der Waals surface area (Å²) in [6.45, 7) is 3.33. The van der Waals surface area contributed by atoms with Crippen LogP contribution < -0.4 is 0 Å². The lowest BCUT2D eigenvalue weighted by Crippen LogP contribution is -2.39. The average Bonchev–Trinajstić information content (AvgIpc) is 2.76. The van der Waals surface area contributed by atoms with E-state index < -0.39 is 10.0 Å². The van der Waals surface area contributed by atoms with Crippen molar-refractivity contribution in [3.8, 4) is 0 Å². The zero-order valence-corrected chi connectivity index (χ0v) is 12.0. The highest BCUT2D eigenvalue weighted by Crippen LogP contribution is 2.29. The summed E-state index contributed by atoms with van der Waals surface area (Å²) in [5.74, 6) is 0.474. The number of sulfonamides is 1.